The molecular weight excluding hydrogens is 306 g/mol. The van der Waals surface area contributed by atoms with Crippen LogP contribution in [0.5, 0.6) is 0 Å². The van der Waals surface area contributed by atoms with E-state index in [4.69, 9.17) is 18.0 Å². The molecule has 2 rings (SSSR count). The largest absolute Gasteiger partial charge is 0.388 e. The lowest BCUT2D eigenvalue weighted by atomic mass is 10.1. The molecule has 0 unspecified atom stereocenters. The molecule has 0 radical (unpaired) electrons. The van der Waals surface area contributed by atoms with Gasteiger partial charge in [0, 0.05) is 6.20 Å². The van der Waals surface area contributed by atoms with Gasteiger partial charge in [0.1, 0.15) is 9.88 Å². The molecule has 0 amide bonds. The number of benzene rings is 1. The fourth-order valence-corrected chi connectivity index (χ4v) is 2.98. The van der Waals surface area contributed by atoms with Gasteiger partial charge in [-0.25, -0.2) is 8.42 Å². The molecule has 3 N–H and O–H groups in total. The molecule has 2 aromatic rings. The zero-order valence-electron chi connectivity index (χ0n) is 11.4. The van der Waals surface area contributed by atoms with Gasteiger partial charge in [-0.3, -0.25) is 9.71 Å². The number of aryl methyl sites for hydroxylation is 1. The van der Waals surface area contributed by atoms with Gasteiger partial charge < -0.3 is 5.73 Å². The summed E-state index contributed by atoms with van der Waals surface area (Å²) in [5, 5.41) is 0. The summed E-state index contributed by atoms with van der Waals surface area (Å²) in [7, 11) is -3.68. The van der Waals surface area contributed by atoms with Crippen molar-refractivity contribution in [3.8, 4) is 0 Å². The second kappa shape index (κ2) is 6.19. The SMILES string of the molecule is CCc1ccccc1NS(=O)(=O)c1ccc(C(N)=S)nc1. The quantitative estimate of drug-likeness (QED) is 0.824. The Morgan fingerprint density at radius 1 is 1.29 bits per heavy atom. The summed E-state index contributed by atoms with van der Waals surface area (Å²) in [5.41, 5.74) is 7.32. The van der Waals surface area contributed by atoms with Crippen LogP contribution in [-0.4, -0.2) is 18.4 Å². The molecule has 0 bridgehead atoms. The lowest BCUT2D eigenvalue weighted by Crippen LogP contribution is -2.16. The monoisotopic (exact) mass is 321 g/mol. The summed E-state index contributed by atoms with van der Waals surface area (Å²) < 4.78 is 27.2. The molecule has 0 spiro atoms. The van der Waals surface area contributed by atoms with Crippen LogP contribution in [0.25, 0.3) is 0 Å². The van der Waals surface area contributed by atoms with Crippen LogP contribution in [-0.2, 0) is 16.4 Å². The second-order valence-electron chi connectivity index (χ2n) is 4.36. The fraction of sp³-hybridized carbons (Fsp3) is 0.143. The van der Waals surface area contributed by atoms with Crippen LogP contribution in [0.2, 0.25) is 0 Å². The minimum atomic E-state index is -3.68. The maximum absolute atomic E-state index is 12.3. The van der Waals surface area contributed by atoms with Crippen molar-refractivity contribution in [3.05, 3.63) is 53.9 Å². The Labute approximate surface area is 129 Å². The van der Waals surface area contributed by atoms with Crippen molar-refractivity contribution in [1.29, 1.82) is 0 Å². The smallest absolute Gasteiger partial charge is 0.263 e. The van der Waals surface area contributed by atoms with Crippen molar-refractivity contribution in [2.75, 3.05) is 4.72 Å². The van der Waals surface area contributed by atoms with E-state index < -0.39 is 10.0 Å². The number of aromatic nitrogens is 1. The van der Waals surface area contributed by atoms with E-state index in [9.17, 15) is 8.42 Å². The van der Waals surface area contributed by atoms with Gasteiger partial charge in [-0.05, 0) is 30.2 Å². The summed E-state index contributed by atoms with van der Waals surface area (Å²) in [4.78, 5) is 4.13. The van der Waals surface area contributed by atoms with E-state index in [1.165, 1.54) is 18.3 Å². The Morgan fingerprint density at radius 3 is 2.57 bits per heavy atom. The highest BCUT2D eigenvalue weighted by atomic mass is 32.2. The van der Waals surface area contributed by atoms with Crippen molar-refractivity contribution < 1.29 is 8.42 Å². The summed E-state index contributed by atoms with van der Waals surface area (Å²) in [6.07, 6.45) is 1.97. The van der Waals surface area contributed by atoms with Gasteiger partial charge >= 0.3 is 0 Å². The van der Waals surface area contributed by atoms with Crippen LogP contribution in [0.15, 0.2) is 47.5 Å². The van der Waals surface area contributed by atoms with Gasteiger partial charge in [-0.15, -0.1) is 0 Å². The Kier molecular flexibility index (Phi) is 4.54. The molecule has 1 aromatic carbocycles. The first kappa shape index (κ1) is 15.4. The second-order valence-corrected chi connectivity index (χ2v) is 6.48. The zero-order chi connectivity index (χ0) is 15.5. The lowest BCUT2D eigenvalue weighted by molar-refractivity contribution is 0.600. The molecule has 0 aliphatic heterocycles. The fourth-order valence-electron chi connectivity index (χ4n) is 1.82. The average Bonchev–Trinajstić information content (AvgIpc) is 2.47. The van der Waals surface area contributed by atoms with E-state index in [1.807, 2.05) is 19.1 Å². The van der Waals surface area contributed by atoms with Crippen LogP contribution < -0.4 is 10.5 Å². The highest BCUT2D eigenvalue weighted by Gasteiger charge is 2.16. The third-order valence-corrected chi connectivity index (χ3v) is 4.50. The highest BCUT2D eigenvalue weighted by molar-refractivity contribution is 7.92. The number of sulfonamides is 1. The predicted octanol–water partition coefficient (Wildman–Crippen LogP) is 2.08. The van der Waals surface area contributed by atoms with E-state index in [0.717, 1.165) is 12.0 Å². The summed E-state index contributed by atoms with van der Waals surface area (Å²) in [5.74, 6) is 0. The van der Waals surface area contributed by atoms with Crippen molar-refractivity contribution in [1.82, 2.24) is 4.98 Å². The summed E-state index contributed by atoms with van der Waals surface area (Å²) >= 11 is 4.79. The molecule has 110 valence electrons. The Balaban J connectivity index is 2.32. The molecule has 1 aromatic heterocycles. The molecule has 5 nitrogen and oxygen atoms in total. The number of pyridine rings is 1. The van der Waals surface area contributed by atoms with E-state index >= 15 is 0 Å². The third-order valence-electron chi connectivity index (χ3n) is 2.94. The molecular formula is C14H15N3O2S2. The van der Waals surface area contributed by atoms with Crippen LogP contribution in [0, 0.1) is 0 Å². The van der Waals surface area contributed by atoms with Gasteiger partial charge in [0.2, 0.25) is 0 Å². The Hall–Kier alpha value is -1.99. The first-order valence-corrected chi connectivity index (χ1v) is 8.19. The number of rotatable bonds is 5. The molecule has 7 heteroatoms. The van der Waals surface area contributed by atoms with Crippen molar-refractivity contribution >= 4 is 32.9 Å². The molecule has 0 aliphatic carbocycles. The molecule has 0 atom stereocenters. The molecule has 21 heavy (non-hydrogen) atoms. The average molecular weight is 321 g/mol. The zero-order valence-corrected chi connectivity index (χ0v) is 13.0. The maximum Gasteiger partial charge on any atom is 0.263 e. The summed E-state index contributed by atoms with van der Waals surface area (Å²) in [6, 6.07) is 10.2. The predicted molar refractivity (Wildman–Crippen MR) is 86.8 cm³/mol. The first-order valence-electron chi connectivity index (χ1n) is 6.30. The number of hydrogen-bond acceptors (Lipinski definition) is 4. The van der Waals surface area contributed by atoms with Gasteiger partial charge in [-0.2, -0.15) is 0 Å². The normalized spacial score (nSPS) is 11.1. The van der Waals surface area contributed by atoms with Crippen molar-refractivity contribution in [3.63, 3.8) is 0 Å². The van der Waals surface area contributed by atoms with Crippen molar-refractivity contribution in [2.24, 2.45) is 5.73 Å². The standard InChI is InChI=1S/C14H15N3O2S2/c1-2-10-5-3-4-6-12(10)17-21(18,19)11-7-8-13(14(15)20)16-9-11/h3-9,17H,2H2,1H3,(H2,15,20). The Morgan fingerprint density at radius 2 is 2.00 bits per heavy atom. The minimum Gasteiger partial charge on any atom is -0.388 e. The molecule has 0 saturated carbocycles. The third kappa shape index (κ3) is 3.56. The van der Waals surface area contributed by atoms with E-state index in [1.54, 1.807) is 12.1 Å². The van der Waals surface area contributed by atoms with Gasteiger partial charge in [0.15, 0.2) is 0 Å². The summed E-state index contributed by atoms with van der Waals surface area (Å²) in [6.45, 7) is 1.96. The number of hydrogen-bond donors (Lipinski definition) is 2. The molecule has 1 heterocycles. The first-order chi connectivity index (χ1) is 9.94. The molecule has 0 aliphatic rings. The Bertz CT molecular complexity index is 756. The van der Waals surface area contributed by atoms with Crippen LogP contribution in [0.3, 0.4) is 0 Å². The number of nitrogens with one attached hydrogen (secondary N) is 1. The number of nitrogens with zero attached hydrogens (tertiary/aromatic N) is 1. The van der Waals surface area contributed by atoms with E-state index in [2.05, 4.69) is 9.71 Å². The van der Waals surface area contributed by atoms with E-state index in [-0.39, 0.29) is 9.88 Å². The maximum atomic E-state index is 12.3. The van der Waals surface area contributed by atoms with Crippen LogP contribution in [0.1, 0.15) is 18.2 Å². The number of para-hydroxylation sites is 1. The van der Waals surface area contributed by atoms with Crippen LogP contribution in [0.4, 0.5) is 5.69 Å². The van der Waals surface area contributed by atoms with Gasteiger partial charge in [-0.1, -0.05) is 37.3 Å². The van der Waals surface area contributed by atoms with Crippen LogP contribution >= 0.6 is 12.2 Å². The molecule has 0 saturated heterocycles. The molecule has 0 fully saturated rings. The van der Waals surface area contributed by atoms with Gasteiger partial charge in [0.05, 0.1) is 11.4 Å². The number of nitrogens with two attached hydrogens (primary N) is 1. The minimum absolute atomic E-state index is 0.0633. The van der Waals surface area contributed by atoms with Crippen molar-refractivity contribution in [2.45, 2.75) is 18.2 Å². The number of thiocarbonyl (C=S) groups is 1. The highest BCUT2D eigenvalue weighted by Crippen LogP contribution is 2.20. The topological polar surface area (TPSA) is 85.1 Å². The van der Waals surface area contributed by atoms with E-state index in [0.29, 0.717) is 11.4 Å². The van der Waals surface area contributed by atoms with Gasteiger partial charge in [0.25, 0.3) is 10.0 Å². The lowest BCUT2D eigenvalue weighted by Gasteiger charge is -2.11. The number of anilines is 1.